The molecule has 1 amide bonds. The van der Waals surface area contributed by atoms with Crippen molar-refractivity contribution in [2.75, 3.05) is 13.7 Å². The molecule has 0 atom stereocenters. The van der Waals surface area contributed by atoms with Crippen molar-refractivity contribution in [1.82, 2.24) is 10.4 Å². The van der Waals surface area contributed by atoms with Gasteiger partial charge >= 0.3 is 5.97 Å². The van der Waals surface area contributed by atoms with Crippen molar-refractivity contribution in [2.24, 2.45) is 0 Å². The topological polar surface area (TPSA) is 67.9 Å². The number of carbonyl (C=O) groups is 2. The molecule has 0 aliphatic carbocycles. The number of nitrogens with zero attached hydrogens (tertiary/aromatic N) is 1. The van der Waals surface area contributed by atoms with Crippen molar-refractivity contribution in [3.63, 3.8) is 0 Å². The molecule has 0 aromatic heterocycles. The van der Waals surface area contributed by atoms with E-state index >= 15 is 0 Å². The van der Waals surface area contributed by atoms with Crippen molar-refractivity contribution < 1.29 is 19.1 Å². The number of nitrogens with one attached hydrogen (secondary N) is 1. The highest BCUT2D eigenvalue weighted by Gasteiger charge is 2.33. The van der Waals surface area contributed by atoms with Crippen LogP contribution in [0.1, 0.15) is 60.3 Å². The zero-order valence-corrected chi connectivity index (χ0v) is 20.1. The average Bonchev–Trinajstić information content (AvgIpc) is 2.73. The average molecular weight is 439 g/mol. The Bertz CT molecular complexity index is 975. The maximum Gasteiger partial charge on any atom is 0.302 e. The van der Waals surface area contributed by atoms with Gasteiger partial charge in [-0.1, -0.05) is 36.2 Å². The quantitative estimate of drug-likeness (QED) is 0.448. The lowest BCUT2D eigenvalue weighted by Gasteiger charge is -2.37. The lowest BCUT2D eigenvalue weighted by Crippen LogP contribution is -2.56. The van der Waals surface area contributed by atoms with Crippen molar-refractivity contribution in [1.29, 1.82) is 0 Å². The Morgan fingerprint density at radius 3 is 2.34 bits per heavy atom. The third-order valence-corrected chi connectivity index (χ3v) is 5.11. The summed E-state index contributed by atoms with van der Waals surface area (Å²) in [7, 11) is 1.65. The maximum atomic E-state index is 13.5. The van der Waals surface area contributed by atoms with Gasteiger partial charge in [0.05, 0.1) is 12.6 Å². The molecular weight excluding hydrogens is 404 g/mol. The van der Waals surface area contributed by atoms with Crippen LogP contribution in [0, 0.1) is 13.8 Å². The van der Waals surface area contributed by atoms with E-state index in [9.17, 15) is 9.59 Å². The minimum Gasteiger partial charge on any atom is -0.496 e. The number of rotatable bonds is 9. The van der Waals surface area contributed by atoms with Gasteiger partial charge in [0.25, 0.3) is 5.91 Å². The summed E-state index contributed by atoms with van der Waals surface area (Å²) in [6, 6.07) is 11.6. The van der Waals surface area contributed by atoms with E-state index in [1.54, 1.807) is 13.3 Å². The summed E-state index contributed by atoms with van der Waals surface area (Å²) in [6.07, 6.45) is 4.45. The molecule has 0 bridgehead atoms. The normalized spacial score (nSPS) is 11.3. The number of aryl methyl sites for hydroxylation is 2. The van der Waals surface area contributed by atoms with E-state index in [0.717, 1.165) is 34.4 Å². The summed E-state index contributed by atoms with van der Waals surface area (Å²) in [4.78, 5) is 24.9. The van der Waals surface area contributed by atoms with E-state index in [2.05, 4.69) is 12.3 Å². The van der Waals surface area contributed by atoms with Gasteiger partial charge < -0.3 is 14.9 Å². The van der Waals surface area contributed by atoms with Gasteiger partial charge in [0.2, 0.25) is 0 Å². The summed E-state index contributed by atoms with van der Waals surface area (Å²) < 4.78 is 10.7. The number of ether oxygens (including phenoxy) is 2. The van der Waals surface area contributed by atoms with Gasteiger partial charge in [-0.3, -0.25) is 9.59 Å². The Morgan fingerprint density at radius 1 is 1.12 bits per heavy atom. The fourth-order valence-corrected chi connectivity index (χ4v) is 3.59. The smallest absolute Gasteiger partial charge is 0.302 e. The van der Waals surface area contributed by atoms with Gasteiger partial charge in [0, 0.05) is 24.3 Å². The number of hydrogen-bond acceptors (Lipinski definition) is 5. The van der Waals surface area contributed by atoms with Crippen LogP contribution in [0.4, 0.5) is 0 Å². The second-order valence-corrected chi connectivity index (χ2v) is 8.45. The lowest BCUT2D eigenvalue weighted by atomic mass is 10.0. The van der Waals surface area contributed by atoms with Crippen LogP contribution in [0.3, 0.4) is 0 Å². The second kappa shape index (κ2) is 10.8. The predicted octanol–water partition coefficient (Wildman–Crippen LogP) is 4.83. The van der Waals surface area contributed by atoms with Crippen LogP contribution in [0.2, 0.25) is 0 Å². The van der Waals surface area contributed by atoms with E-state index in [4.69, 9.17) is 9.47 Å². The predicted molar refractivity (Wildman–Crippen MR) is 127 cm³/mol. The SMILES string of the molecule is CCc1c(C=CNN(C(=O)c2cc(C)cc(C)c2)C(C)(C)COC(C)=O)cccc1OC. The van der Waals surface area contributed by atoms with Gasteiger partial charge in [-0.2, -0.15) is 0 Å². The van der Waals surface area contributed by atoms with Crippen molar-refractivity contribution in [2.45, 2.75) is 53.5 Å². The van der Waals surface area contributed by atoms with E-state index < -0.39 is 11.5 Å². The Kier molecular flexibility index (Phi) is 8.47. The van der Waals surface area contributed by atoms with E-state index in [-0.39, 0.29) is 12.5 Å². The minimum atomic E-state index is -0.799. The lowest BCUT2D eigenvalue weighted by molar-refractivity contribution is -0.144. The third kappa shape index (κ3) is 6.36. The Hall–Kier alpha value is -3.28. The molecule has 0 saturated carbocycles. The highest BCUT2D eigenvalue weighted by molar-refractivity contribution is 5.95. The molecule has 6 nitrogen and oxygen atoms in total. The summed E-state index contributed by atoms with van der Waals surface area (Å²) in [5.74, 6) is 0.226. The first-order valence-corrected chi connectivity index (χ1v) is 10.7. The highest BCUT2D eigenvalue weighted by atomic mass is 16.5. The molecule has 1 N–H and O–H groups in total. The molecule has 32 heavy (non-hydrogen) atoms. The summed E-state index contributed by atoms with van der Waals surface area (Å²) in [6.45, 7) is 11.1. The molecule has 0 heterocycles. The standard InChI is InChI=1S/C26H34N2O4/c1-8-23-21(10-9-11-24(23)31-7)12-13-27-28(26(5,6)17-32-20(4)29)25(30)22-15-18(2)14-19(3)16-22/h9-16,27H,8,17H2,1-7H3. The molecule has 2 aromatic rings. The summed E-state index contributed by atoms with van der Waals surface area (Å²) in [5, 5.41) is 1.51. The zero-order valence-electron chi connectivity index (χ0n) is 20.1. The van der Waals surface area contributed by atoms with Gasteiger partial charge in [-0.05, 0) is 64.0 Å². The molecule has 6 heteroatoms. The van der Waals surface area contributed by atoms with Crippen molar-refractivity contribution in [3.05, 3.63) is 70.4 Å². The van der Waals surface area contributed by atoms with Gasteiger partial charge in [-0.15, -0.1) is 0 Å². The van der Waals surface area contributed by atoms with E-state index in [1.165, 1.54) is 11.9 Å². The third-order valence-electron chi connectivity index (χ3n) is 5.11. The van der Waals surface area contributed by atoms with Gasteiger partial charge in [0.1, 0.15) is 12.4 Å². The number of methoxy groups -OCH3 is 1. The number of amides is 1. The fourth-order valence-electron chi connectivity index (χ4n) is 3.59. The van der Waals surface area contributed by atoms with Crippen molar-refractivity contribution in [3.8, 4) is 5.75 Å². The molecule has 0 spiro atoms. The maximum absolute atomic E-state index is 13.5. The first-order valence-electron chi connectivity index (χ1n) is 10.7. The fraction of sp³-hybridized carbons (Fsp3) is 0.385. The molecule has 172 valence electrons. The van der Waals surface area contributed by atoms with Crippen LogP contribution in [0.15, 0.2) is 42.6 Å². The molecule has 0 aliphatic heterocycles. The molecular formula is C26H34N2O4. The Balaban J connectivity index is 2.38. The first kappa shape index (κ1) is 25.0. The monoisotopic (exact) mass is 438 g/mol. The largest absolute Gasteiger partial charge is 0.496 e. The number of hydrogen-bond donors (Lipinski definition) is 1. The Labute approximate surface area is 191 Å². The van der Waals surface area contributed by atoms with Gasteiger partial charge in [-0.25, -0.2) is 5.01 Å². The Morgan fingerprint density at radius 2 is 1.78 bits per heavy atom. The first-order chi connectivity index (χ1) is 15.1. The molecule has 0 fully saturated rings. The van der Waals surface area contributed by atoms with Gasteiger partial charge in [0.15, 0.2) is 0 Å². The van der Waals surface area contributed by atoms with Crippen LogP contribution in [0.5, 0.6) is 5.75 Å². The molecule has 2 aromatic carbocycles. The van der Waals surface area contributed by atoms with Crippen LogP contribution in [-0.2, 0) is 16.0 Å². The molecule has 0 aliphatic rings. The summed E-state index contributed by atoms with van der Waals surface area (Å²) >= 11 is 0. The molecule has 2 rings (SSSR count). The van der Waals surface area contributed by atoms with Crippen LogP contribution >= 0.6 is 0 Å². The number of hydrazine groups is 1. The molecule has 0 radical (unpaired) electrons. The van der Waals surface area contributed by atoms with Crippen LogP contribution < -0.4 is 10.2 Å². The summed E-state index contributed by atoms with van der Waals surface area (Å²) in [5.41, 5.74) is 6.98. The van der Waals surface area contributed by atoms with Crippen LogP contribution in [-0.4, -0.2) is 36.1 Å². The molecule has 0 saturated heterocycles. The minimum absolute atomic E-state index is 0.0546. The van der Waals surface area contributed by atoms with E-state index in [1.807, 2.05) is 70.2 Å². The van der Waals surface area contributed by atoms with Crippen molar-refractivity contribution >= 4 is 18.0 Å². The molecule has 0 unspecified atom stereocenters. The number of esters is 1. The highest BCUT2D eigenvalue weighted by Crippen LogP contribution is 2.24. The van der Waals surface area contributed by atoms with Crippen LogP contribution in [0.25, 0.3) is 6.08 Å². The van der Waals surface area contributed by atoms with E-state index in [0.29, 0.717) is 5.56 Å². The zero-order chi connectivity index (χ0) is 23.9. The number of benzene rings is 2. The number of carbonyl (C=O) groups excluding carboxylic acids is 2. The second-order valence-electron chi connectivity index (χ2n) is 8.45.